The molecule has 0 fully saturated rings. The molecule has 3 aromatic rings. The molecule has 1 atom stereocenters. The Hall–Kier alpha value is -3.23. The lowest BCUT2D eigenvalue weighted by Crippen LogP contribution is -2.36. The molecule has 0 aliphatic carbocycles. The molecule has 174 valence electrons. The fourth-order valence-corrected chi connectivity index (χ4v) is 4.69. The molecule has 2 N–H and O–H groups in total. The largest absolute Gasteiger partial charge is 0.492 e. The van der Waals surface area contributed by atoms with Gasteiger partial charge in [-0.15, -0.1) is 0 Å². The Morgan fingerprint density at radius 3 is 2.39 bits per heavy atom. The molecule has 0 aromatic heterocycles. The van der Waals surface area contributed by atoms with E-state index in [-0.39, 0.29) is 16.5 Å². The number of para-hydroxylation sites is 2. The molecule has 0 spiro atoms. The molecule has 0 bridgehead atoms. The van der Waals surface area contributed by atoms with Crippen LogP contribution in [0.15, 0.2) is 77.7 Å². The zero-order valence-electron chi connectivity index (χ0n) is 18.5. The molecule has 0 aliphatic rings. The predicted octanol–water partition coefficient (Wildman–Crippen LogP) is 4.78. The molecule has 0 aliphatic heterocycles. The summed E-state index contributed by atoms with van der Waals surface area (Å²) < 4.78 is 48.6. The minimum atomic E-state index is -3.98. The summed E-state index contributed by atoms with van der Waals surface area (Å²) in [6.07, 6.45) is 1.08. The highest BCUT2D eigenvalue weighted by Crippen LogP contribution is 2.25. The first-order chi connectivity index (χ1) is 15.8. The maximum absolute atomic E-state index is 14.5. The van der Waals surface area contributed by atoms with Crippen LogP contribution < -0.4 is 14.8 Å². The number of benzene rings is 3. The predicted molar refractivity (Wildman–Crippen MR) is 127 cm³/mol. The molecule has 0 heterocycles. The molecule has 0 saturated heterocycles. The summed E-state index contributed by atoms with van der Waals surface area (Å²) in [6.45, 7) is 4.08. The van der Waals surface area contributed by atoms with Crippen molar-refractivity contribution in [2.45, 2.75) is 37.6 Å². The Kier molecular flexibility index (Phi) is 8.19. The van der Waals surface area contributed by atoms with Crippen molar-refractivity contribution in [2.75, 3.05) is 11.9 Å². The molecule has 33 heavy (non-hydrogen) atoms. The summed E-state index contributed by atoms with van der Waals surface area (Å²) in [5.41, 5.74) is 0.989. The molecule has 8 heteroatoms. The molecule has 6 nitrogen and oxygen atoms in total. The van der Waals surface area contributed by atoms with Gasteiger partial charge in [-0.2, -0.15) is 0 Å². The molecule has 0 radical (unpaired) electrons. The first kappa shape index (κ1) is 24.4. The second-order valence-electron chi connectivity index (χ2n) is 7.44. The van der Waals surface area contributed by atoms with Crippen molar-refractivity contribution in [3.8, 4) is 5.75 Å². The lowest BCUT2D eigenvalue weighted by Gasteiger charge is -2.18. The highest BCUT2D eigenvalue weighted by atomic mass is 32.2. The van der Waals surface area contributed by atoms with Gasteiger partial charge in [0.2, 0.25) is 10.0 Å². The smallest absolute Gasteiger partial charge is 0.258 e. The lowest BCUT2D eigenvalue weighted by molar-refractivity contribution is 0.102. The Bertz CT molecular complexity index is 1200. The van der Waals surface area contributed by atoms with E-state index in [2.05, 4.69) is 10.0 Å². The average Bonchev–Trinajstić information content (AvgIpc) is 2.80. The van der Waals surface area contributed by atoms with Gasteiger partial charge in [0.05, 0.1) is 22.8 Å². The number of carbonyl (C=O) groups is 1. The molecule has 1 amide bonds. The Morgan fingerprint density at radius 1 is 1.00 bits per heavy atom. The van der Waals surface area contributed by atoms with Gasteiger partial charge < -0.3 is 10.1 Å². The molecular formula is C25H27FN2O4S. The van der Waals surface area contributed by atoms with E-state index in [9.17, 15) is 17.6 Å². The van der Waals surface area contributed by atoms with Gasteiger partial charge in [0.25, 0.3) is 5.91 Å². The molecule has 0 saturated carbocycles. The number of nitrogens with one attached hydrogen (secondary N) is 2. The summed E-state index contributed by atoms with van der Waals surface area (Å²) in [5, 5.41) is 2.60. The number of hydrogen-bond acceptors (Lipinski definition) is 4. The normalized spacial score (nSPS) is 12.2. The Labute approximate surface area is 193 Å². The average molecular weight is 471 g/mol. The summed E-state index contributed by atoms with van der Waals surface area (Å²) in [4.78, 5) is 12.6. The first-order valence-corrected chi connectivity index (χ1v) is 12.2. The van der Waals surface area contributed by atoms with Crippen LogP contribution in [0.1, 0.15) is 36.2 Å². The zero-order chi connectivity index (χ0) is 23.8. The Balaban J connectivity index is 1.81. The van der Waals surface area contributed by atoms with E-state index in [0.29, 0.717) is 30.9 Å². The lowest BCUT2D eigenvalue weighted by atomic mass is 10.1. The van der Waals surface area contributed by atoms with E-state index in [1.54, 1.807) is 31.2 Å². The third kappa shape index (κ3) is 6.40. The standard InChI is InChI=1S/C25H27FN2O4S/c1-3-19(16-18-10-6-5-7-11-18)28-33(30,31)20-14-15-22(26)21(17-20)25(29)27-23-12-8-9-13-24(23)32-4-2/h5-15,17,19,28H,3-4,16H2,1-2H3,(H,27,29)/t19-/m0/s1. The van der Waals surface area contributed by atoms with Crippen molar-refractivity contribution in [1.29, 1.82) is 0 Å². The third-order valence-corrected chi connectivity index (χ3v) is 6.59. The van der Waals surface area contributed by atoms with Crippen molar-refractivity contribution in [1.82, 2.24) is 4.72 Å². The molecule has 3 rings (SSSR count). The number of hydrogen-bond donors (Lipinski definition) is 2. The molecule has 3 aromatic carbocycles. The fourth-order valence-electron chi connectivity index (χ4n) is 3.34. The third-order valence-electron chi connectivity index (χ3n) is 5.07. The van der Waals surface area contributed by atoms with Crippen LogP contribution in [-0.4, -0.2) is 27.0 Å². The van der Waals surface area contributed by atoms with Crippen molar-refractivity contribution in [3.63, 3.8) is 0 Å². The number of ether oxygens (including phenoxy) is 1. The Morgan fingerprint density at radius 2 is 1.70 bits per heavy atom. The van der Waals surface area contributed by atoms with Crippen LogP contribution in [0.3, 0.4) is 0 Å². The van der Waals surface area contributed by atoms with Crippen LogP contribution in [0.2, 0.25) is 0 Å². The number of halogens is 1. The van der Waals surface area contributed by atoms with Gasteiger partial charge in [0.15, 0.2) is 0 Å². The highest BCUT2D eigenvalue weighted by Gasteiger charge is 2.23. The van der Waals surface area contributed by atoms with Crippen molar-refractivity contribution < 1.29 is 22.3 Å². The van der Waals surface area contributed by atoms with Gasteiger partial charge in [-0.1, -0.05) is 49.4 Å². The minimum absolute atomic E-state index is 0.182. The first-order valence-electron chi connectivity index (χ1n) is 10.7. The number of carbonyl (C=O) groups excluding carboxylic acids is 1. The van der Waals surface area contributed by atoms with Gasteiger partial charge in [-0.25, -0.2) is 17.5 Å². The number of anilines is 1. The van der Waals surface area contributed by atoms with Gasteiger partial charge >= 0.3 is 0 Å². The summed E-state index contributed by atoms with van der Waals surface area (Å²) in [6, 6.07) is 19.1. The minimum Gasteiger partial charge on any atom is -0.492 e. The van der Waals surface area contributed by atoms with Crippen molar-refractivity contribution in [2.24, 2.45) is 0 Å². The topological polar surface area (TPSA) is 84.5 Å². The van der Waals surface area contributed by atoms with E-state index in [4.69, 9.17) is 4.74 Å². The van der Waals surface area contributed by atoms with E-state index in [1.165, 1.54) is 0 Å². The van der Waals surface area contributed by atoms with Crippen molar-refractivity contribution >= 4 is 21.6 Å². The van der Waals surface area contributed by atoms with Crippen LogP contribution in [0, 0.1) is 5.82 Å². The van der Waals surface area contributed by atoms with Crippen LogP contribution in [0.25, 0.3) is 0 Å². The monoisotopic (exact) mass is 470 g/mol. The molecular weight excluding hydrogens is 443 g/mol. The zero-order valence-corrected chi connectivity index (χ0v) is 19.4. The summed E-state index contributed by atoms with van der Waals surface area (Å²) >= 11 is 0. The maximum atomic E-state index is 14.5. The second kappa shape index (κ2) is 11.1. The highest BCUT2D eigenvalue weighted by molar-refractivity contribution is 7.89. The summed E-state index contributed by atoms with van der Waals surface area (Å²) in [5.74, 6) is -1.16. The van der Waals surface area contributed by atoms with Crippen molar-refractivity contribution in [3.05, 3.63) is 89.7 Å². The second-order valence-corrected chi connectivity index (χ2v) is 9.16. The van der Waals surface area contributed by atoms with Gasteiger partial charge in [-0.3, -0.25) is 4.79 Å². The van der Waals surface area contributed by atoms with Crippen LogP contribution in [-0.2, 0) is 16.4 Å². The molecule has 0 unspecified atom stereocenters. The van der Waals surface area contributed by atoms with Crippen LogP contribution in [0.4, 0.5) is 10.1 Å². The number of sulfonamides is 1. The quantitative estimate of drug-likeness (QED) is 0.447. The summed E-state index contributed by atoms with van der Waals surface area (Å²) in [7, 11) is -3.98. The van der Waals surface area contributed by atoms with Gasteiger partial charge in [0.1, 0.15) is 11.6 Å². The number of amides is 1. The van der Waals surface area contributed by atoms with Gasteiger partial charge in [-0.05, 0) is 55.7 Å². The van der Waals surface area contributed by atoms with Crippen LogP contribution in [0.5, 0.6) is 5.75 Å². The SMILES string of the molecule is CCOc1ccccc1NC(=O)c1cc(S(=O)(=O)N[C@@H](CC)Cc2ccccc2)ccc1F. The maximum Gasteiger partial charge on any atom is 0.258 e. The van der Waals surface area contributed by atoms with E-state index in [0.717, 1.165) is 23.8 Å². The van der Waals surface area contributed by atoms with E-state index >= 15 is 0 Å². The number of rotatable bonds is 10. The van der Waals surface area contributed by atoms with Crippen LogP contribution >= 0.6 is 0 Å². The fraction of sp³-hybridized carbons (Fsp3) is 0.240. The van der Waals surface area contributed by atoms with Gasteiger partial charge in [0, 0.05) is 6.04 Å². The van der Waals surface area contributed by atoms with E-state index in [1.807, 2.05) is 37.3 Å². The van der Waals surface area contributed by atoms with E-state index < -0.39 is 21.7 Å².